The number of benzene rings is 1. The second-order valence-electron chi connectivity index (χ2n) is 7.31. The summed E-state index contributed by atoms with van der Waals surface area (Å²) >= 11 is 1.76. The maximum absolute atomic E-state index is 10.0. The zero-order valence-electron chi connectivity index (χ0n) is 14.6. The van der Waals surface area contributed by atoms with Crippen LogP contribution in [0, 0.1) is 11.3 Å². The minimum Gasteiger partial charge on any atom is -0.356 e. The Morgan fingerprint density at radius 1 is 1.12 bits per heavy atom. The van der Waals surface area contributed by atoms with Gasteiger partial charge in [0.05, 0.1) is 16.9 Å². The van der Waals surface area contributed by atoms with Crippen molar-refractivity contribution in [2.75, 3.05) is 18.0 Å². The number of aryl methyl sites for hydroxylation is 1. The van der Waals surface area contributed by atoms with E-state index in [-0.39, 0.29) is 0 Å². The maximum Gasteiger partial charge on any atom is 0.141 e. The SMILES string of the molecule is N#C[C@@]1(c2ccccc2)CCc2c(sc3ncnc(N4CCCC4)c23)C1. The van der Waals surface area contributed by atoms with Gasteiger partial charge in [0.1, 0.15) is 17.0 Å². The molecule has 1 saturated heterocycles. The predicted octanol–water partition coefficient (Wildman–Crippen LogP) is 4.24. The molecule has 0 spiro atoms. The quantitative estimate of drug-likeness (QED) is 0.686. The van der Waals surface area contributed by atoms with Crippen LogP contribution in [-0.4, -0.2) is 23.1 Å². The molecule has 4 nitrogen and oxygen atoms in total. The fraction of sp³-hybridized carbons (Fsp3) is 0.381. The average molecular weight is 360 g/mol. The molecule has 2 aliphatic rings. The molecule has 3 heterocycles. The van der Waals surface area contributed by atoms with Gasteiger partial charge in [0.25, 0.3) is 0 Å². The lowest BCUT2D eigenvalue weighted by Crippen LogP contribution is -2.31. The lowest BCUT2D eigenvalue weighted by molar-refractivity contribution is 0.480. The van der Waals surface area contributed by atoms with Crippen molar-refractivity contribution < 1.29 is 0 Å². The van der Waals surface area contributed by atoms with Gasteiger partial charge in [-0.1, -0.05) is 30.3 Å². The van der Waals surface area contributed by atoms with Gasteiger partial charge in [0.2, 0.25) is 0 Å². The first-order valence-corrected chi connectivity index (χ1v) is 10.1. The molecular weight excluding hydrogens is 340 g/mol. The van der Waals surface area contributed by atoms with Crippen molar-refractivity contribution in [3.8, 4) is 6.07 Å². The molecule has 1 fully saturated rings. The molecule has 1 aliphatic carbocycles. The van der Waals surface area contributed by atoms with E-state index in [9.17, 15) is 5.26 Å². The van der Waals surface area contributed by atoms with E-state index in [0.29, 0.717) is 0 Å². The number of hydrogen-bond acceptors (Lipinski definition) is 5. The van der Waals surface area contributed by atoms with Crippen molar-refractivity contribution in [2.45, 2.75) is 37.5 Å². The zero-order chi connectivity index (χ0) is 17.6. The molecule has 0 N–H and O–H groups in total. The molecule has 0 amide bonds. The average Bonchev–Trinajstić information content (AvgIpc) is 3.35. The van der Waals surface area contributed by atoms with Crippen molar-refractivity contribution in [1.82, 2.24) is 9.97 Å². The molecule has 0 radical (unpaired) electrons. The third-order valence-electron chi connectivity index (χ3n) is 5.86. The highest BCUT2D eigenvalue weighted by Gasteiger charge is 2.39. The Morgan fingerprint density at radius 2 is 1.92 bits per heavy atom. The zero-order valence-corrected chi connectivity index (χ0v) is 15.4. The third kappa shape index (κ3) is 2.33. The lowest BCUT2D eigenvalue weighted by Gasteiger charge is -2.31. The fourth-order valence-electron chi connectivity index (χ4n) is 4.46. The molecule has 1 aromatic carbocycles. The van der Waals surface area contributed by atoms with Gasteiger partial charge in [0, 0.05) is 24.4 Å². The van der Waals surface area contributed by atoms with Gasteiger partial charge in [0.15, 0.2) is 0 Å². The molecule has 2 aromatic heterocycles. The minimum atomic E-state index is -0.420. The van der Waals surface area contributed by atoms with Crippen LogP contribution in [0.25, 0.3) is 10.2 Å². The minimum absolute atomic E-state index is 0.420. The van der Waals surface area contributed by atoms with Crippen molar-refractivity contribution in [3.05, 3.63) is 52.7 Å². The van der Waals surface area contributed by atoms with Crippen LogP contribution < -0.4 is 4.90 Å². The highest BCUT2D eigenvalue weighted by atomic mass is 32.1. The first-order chi connectivity index (χ1) is 12.8. The number of fused-ring (bicyclic) bond motifs is 3. The molecule has 130 valence electrons. The topological polar surface area (TPSA) is 52.8 Å². The van der Waals surface area contributed by atoms with Crippen molar-refractivity contribution >= 4 is 27.4 Å². The Hall–Kier alpha value is -2.45. The summed E-state index contributed by atoms with van der Waals surface area (Å²) in [6.45, 7) is 2.17. The summed E-state index contributed by atoms with van der Waals surface area (Å²) in [6.07, 6.45) is 6.75. The number of nitrogens with zero attached hydrogens (tertiary/aromatic N) is 4. The summed E-state index contributed by atoms with van der Waals surface area (Å²) in [7, 11) is 0. The normalized spacial score (nSPS) is 22.3. The van der Waals surface area contributed by atoms with Crippen LogP contribution in [0.2, 0.25) is 0 Å². The number of nitriles is 1. The van der Waals surface area contributed by atoms with E-state index in [0.717, 1.165) is 48.6 Å². The van der Waals surface area contributed by atoms with Crippen LogP contribution in [0.4, 0.5) is 5.82 Å². The van der Waals surface area contributed by atoms with E-state index in [1.165, 1.54) is 28.7 Å². The van der Waals surface area contributed by atoms with Gasteiger partial charge < -0.3 is 4.90 Å². The second kappa shape index (κ2) is 6.07. The molecule has 0 saturated carbocycles. The molecule has 1 atom stereocenters. The van der Waals surface area contributed by atoms with Gasteiger partial charge in [-0.2, -0.15) is 5.26 Å². The molecule has 0 unspecified atom stereocenters. The predicted molar refractivity (Wildman–Crippen MR) is 105 cm³/mol. The van der Waals surface area contributed by atoms with Crippen LogP contribution in [-0.2, 0) is 18.3 Å². The standard InChI is InChI=1S/C21H20N4S/c22-13-21(15-6-2-1-3-7-15)9-8-16-17(12-21)26-20-18(16)19(23-14-24-20)25-10-4-5-11-25/h1-3,6-7,14H,4-5,8-12H2/t21-/m1/s1. The highest BCUT2D eigenvalue weighted by Crippen LogP contribution is 2.46. The van der Waals surface area contributed by atoms with Crippen LogP contribution in [0.5, 0.6) is 0 Å². The molecule has 5 heteroatoms. The van der Waals surface area contributed by atoms with Gasteiger partial charge >= 0.3 is 0 Å². The molecule has 26 heavy (non-hydrogen) atoms. The Morgan fingerprint density at radius 3 is 2.69 bits per heavy atom. The fourth-order valence-corrected chi connectivity index (χ4v) is 5.76. The number of anilines is 1. The molecule has 5 rings (SSSR count). The summed E-state index contributed by atoms with van der Waals surface area (Å²) in [5.74, 6) is 1.11. The van der Waals surface area contributed by atoms with Crippen molar-refractivity contribution in [2.24, 2.45) is 0 Å². The van der Waals surface area contributed by atoms with Crippen LogP contribution in [0.15, 0.2) is 36.7 Å². The smallest absolute Gasteiger partial charge is 0.141 e. The lowest BCUT2D eigenvalue weighted by atomic mass is 9.70. The summed E-state index contributed by atoms with van der Waals surface area (Å²) in [4.78, 5) is 14.0. The van der Waals surface area contributed by atoms with E-state index >= 15 is 0 Å². The largest absolute Gasteiger partial charge is 0.356 e. The molecule has 1 aliphatic heterocycles. The maximum atomic E-state index is 10.0. The van der Waals surface area contributed by atoms with Gasteiger partial charge in [-0.3, -0.25) is 0 Å². The van der Waals surface area contributed by atoms with E-state index in [2.05, 4.69) is 33.1 Å². The summed E-state index contributed by atoms with van der Waals surface area (Å²) in [5.41, 5.74) is 2.10. The second-order valence-corrected chi connectivity index (χ2v) is 8.40. The van der Waals surface area contributed by atoms with Gasteiger partial charge in [-0.25, -0.2) is 9.97 Å². The summed E-state index contributed by atoms with van der Waals surface area (Å²) in [6, 6.07) is 12.9. The number of hydrogen-bond donors (Lipinski definition) is 0. The highest BCUT2D eigenvalue weighted by molar-refractivity contribution is 7.19. The molecular formula is C21H20N4S. The number of aromatic nitrogens is 2. The first-order valence-electron chi connectivity index (χ1n) is 9.28. The van der Waals surface area contributed by atoms with E-state index in [1.807, 2.05) is 18.2 Å². The van der Waals surface area contributed by atoms with Crippen LogP contribution >= 0.6 is 11.3 Å². The van der Waals surface area contributed by atoms with E-state index < -0.39 is 5.41 Å². The van der Waals surface area contributed by atoms with Crippen molar-refractivity contribution in [1.29, 1.82) is 5.26 Å². The van der Waals surface area contributed by atoms with Gasteiger partial charge in [-0.15, -0.1) is 11.3 Å². The van der Waals surface area contributed by atoms with E-state index in [4.69, 9.17) is 0 Å². The first kappa shape index (κ1) is 15.8. The molecule has 0 bridgehead atoms. The van der Waals surface area contributed by atoms with Gasteiger partial charge in [-0.05, 0) is 36.8 Å². The van der Waals surface area contributed by atoms with Crippen LogP contribution in [0.3, 0.4) is 0 Å². The summed E-state index contributed by atoms with van der Waals surface area (Å²) < 4.78 is 0. The summed E-state index contributed by atoms with van der Waals surface area (Å²) in [5, 5.41) is 11.3. The third-order valence-corrected chi connectivity index (χ3v) is 7.00. The van der Waals surface area contributed by atoms with Crippen LogP contribution in [0.1, 0.15) is 35.3 Å². The molecule has 3 aromatic rings. The number of rotatable bonds is 2. The Labute approximate surface area is 157 Å². The Bertz CT molecular complexity index is 998. The Kier molecular flexibility index (Phi) is 3.68. The Balaban J connectivity index is 1.62. The van der Waals surface area contributed by atoms with Crippen molar-refractivity contribution in [3.63, 3.8) is 0 Å². The van der Waals surface area contributed by atoms with E-state index in [1.54, 1.807) is 17.7 Å². The number of thiophene rings is 1. The monoisotopic (exact) mass is 360 g/mol.